The quantitative estimate of drug-likeness (QED) is 0.862. The number of para-hydroxylation sites is 1. The van der Waals surface area contributed by atoms with Crippen molar-refractivity contribution in [1.82, 2.24) is 15.2 Å². The van der Waals surface area contributed by atoms with Gasteiger partial charge in [0.1, 0.15) is 5.82 Å². The van der Waals surface area contributed by atoms with E-state index in [0.717, 1.165) is 42.7 Å². The molecule has 6 heteroatoms. The lowest BCUT2D eigenvalue weighted by molar-refractivity contribution is 0.0901. The van der Waals surface area contributed by atoms with Gasteiger partial charge in [0.05, 0.1) is 24.3 Å². The van der Waals surface area contributed by atoms with Gasteiger partial charge in [-0.1, -0.05) is 31.0 Å². The molecular formula is C22H30N4O2. The van der Waals surface area contributed by atoms with Crippen molar-refractivity contribution in [1.29, 1.82) is 0 Å². The molecule has 1 saturated heterocycles. The van der Waals surface area contributed by atoms with Crippen molar-refractivity contribution in [3.05, 3.63) is 35.9 Å². The van der Waals surface area contributed by atoms with Crippen LogP contribution in [0, 0.1) is 0 Å². The highest BCUT2D eigenvalue weighted by molar-refractivity contribution is 6.07. The van der Waals surface area contributed by atoms with E-state index >= 15 is 0 Å². The summed E-state index contributed by atoms with van der Waals surface area (Å²) in [6.07, 6.45) is 4.73. The maximum Gasteiger partial charge on any atom is 0.252 e. The molecule has 1 N–H and O–H groups in total. The van der Waals surface area contributed by atoms with Crippen LogP contribution in [0.2, 0.25) is 0 Å². The van der Waals surface area contributed by atoms with E-state index in [2.05, 4.69) is 29.2 Å². The number of anilines is 1. The van der Waals surface area contributed by atoms with Gasteiger partial charge in [0.2, 0.25) is 0 Å². The number of pyridine rings is 1. The Bertz CT molecular complexity index is 840. The van der Waals surface area contributed by atoms with E-state index in [9.17, 15) is 4.79 Å². The summed E-state index contributed by atoms with van der Waals surface area (Å²) in [7, 11) is 4.24. The van der Waals surface area contributed by atoms with Crippen LogP contribution in [0.1, 0.15) is 36.0 Å². The van der Waals surface area contributed by atoms with Gasteiger partial charge in [-0.2, -0.15) is 0 Å². The minimum absolute atomic E-state index is 0.0127. The monoisotopic (exact) mass is 382 g/mol. The number of benzene rings is 1. The molecule has 2 fully saturated rings. The Labute approximate surface area is 166 Å². The number of nitrogens with zero attached hydrogens (tertiary/aromatic N) is 3. The van der Waals surface area contributed by atoms with Gasteiger partial charge < -0.3 is 19.9 Å². The van der Waals surface area contributed by atoms with Gasteiger partial charge in [0, 0.05) is 30.6 Å². The summed E-state index contributed by atoms with van der Waals surface area (Å²) < 4.78 is 5.46. The highest BCUT2D eigenvalue weighted by Crippen LogP contribution is 2.33. The third kappa shape index (κ3) is 3.71. The zero-order chi connectivity index (χ0) is 19.6. The Morgan fingerprint density at radius 1 is 1.21 bits per heavy atom. The van der Waals surface area contributed by atoms with Gasteiger partial charge in [-0.15, -0.1) is 0 Å². The van der Waals surface area contributed by atoms with Crippen molar-refractivity contribution in [3.8, 4) is 0 Å². The van der Waals surface area contributed by atoms with Gasteiger partial charge in [-0.3, -0.25) is 4.79 Å². The number of carbonyl (C=O) groups excluding carboxylic acids is 1. The first kappa shape index (κ1) is 19.2. The normalized spacial score (nSPS) is 19.3. The van der Waals surface area contributed by atoms with Crippen molar-refractivity contribution in [2.75, 3.05) is 51.8 Å². The minimum Gasteiger partial charge on any atom is -0.378 e. The summed E-state index contributed by atoms with van der Waals surface area (Å²) in [5.74, 6) is 0.844. The Morgan fingerprint density at radius 3 is 2.64 bits per heavy atom. The fraction of sp³-hybridized carbons (Fsp3) is 0.545. The van der Waals surface area contributed by atoms with Crippen LogP contribution in [0.5, 0.6) is 0 Å². The van der Waals surface area contributed by atoms with Crippen molar-refractivity contribution in [2.45, 2.75) is 31.2 Å². The summed E-state index contributed by atoms with van der Waals surface area (Å²) in [6.45, 7) is 3.68. The third-order valence-electron chi connectivity index (χ3n) is 6.34. The van der Waals surface area contributed by atoms with Gasteiger partial charge in [0.25, 0.3) is 5.91 Å². The first-order valence-corrected chi connectivity index (χ1v) is 10.3. The average molecular weight is 383 g/mol. The van der Waals surface area contributed by atoms with Gasteiger partial charge >= 0.3 is 0 Å². The van der Waals surface area contributed by atoms with E-state index in [0.29, 0.717) is 25.3 Å². The molecule has 0 atom stereocenters. The van der Waals surface area contributed by atoms with E-state index in [-0.39, 0.29) is 11.4 Å². The Hall–Kier alpha value is -2.18. The van der Waals surface area contributed by atoms with Crippen LogP contribution in [0.4, 0.5) is 5.82 Å². The van der Waals surface area contributed by atoms with Crippen LogP contribution in [0.15, 0.2) is 30.3 Å². The molecule has 4 rings (SSSR count). The van der Waals surface area contributed by atoms with Gasteiger partial charge in [-0.05, 0) is 39.1 Å². The largest absolute Gasteiger partial charge is 0.378 e. The van der Waals surface area contributed by atoms with Crippen LogP contribution >= 0.6 is 0 Å². The molecule has 0 spiro atoms. The summed E-state index contributed by atoms with van der Waals surface area (Å²) in [6, 6.07) is 9.85. The van der Waals surface area contributed by atoms with E-state index < -0.39 is 0 Å². The number of morpholine rings is 1. The number of amides is 1. The second kappa shape index (κ2) is 8.05. The Balaban J connectivity index is 1.61. The second-order valence-corrected chi connectivity index (χ2v) is 8.15. The fourth-order valence-electron chi connectivity index (χ4n) is 4.46. The fourth-order valence-corrected chi connectivity index (χ4v) is 4.46. The maximum atomic E-state index is 13.2. The van der Waals surface area contributed by atoms with Crippen molar-refractivity contribution >= 4 is 22.6 Å². The molecule has 1 amide bonds. The average Bonchev–Trinajstić information content (AvgIpc) is 3.22. The summed E-state index contributed by atoms with van der Waals surface area (Å²) in [5, 5.41) is 4.14. The zero-order valence-corrected chi connectivity index (χ0v) is 16.9. The standard InChI is InChI=1S/C22H30N4O2/c1-25(2)22(9-5-6-10-22)16-23-21(27)18-15-20(26-11-13-28-14-12-26)24-19-8-4-3-7-17(18)19/h3-4,7-8,15H,5-6,9-14,16H2,1-2H3,(H,23,27). The number of aromatic nitrogens is 1. The predicted molar refractivity (Wildman–Crippen MR) is 112 cm³/mol. The lowest BCUT2D eigenvalue weighted by Gasteiger charge is -2.36. The number of hydrogen-bond acceptors (Lipinski definition) is 5. The molecule has 1 aliphatic heterocycles. The molecule has 1 aromatic carbocycles. The lowest BCUT2D eigenvalue weighted by atomic mass is 9.95. The van der Waals surface area contributed by atoms with Crippen LogP contribution in [-0.4, -0.2) is 68.3 Å². The van der Waals surface area contributed by atoms with Crippen molar-refractivity contribution in [3.63, 3.8) is 0 Å². The zero-order valence-electron chi connectivity index (χ0n) is 16.9. The van der Waals surface area contributed by atoms with Gasteiger partial charge in [0.15, 0.2) is 0 Å². The number of hydrogen-bond donors (Lipinski definition) is 1. The SMILES string of the molecule is CN(C)C1(CNC(=O)c2cc(N3CCOCC3)nc3ccccc23)CCCC1. The molecule has 6 nitrogen and oxygen atoms in total. The number of nitrogens with one attached hydrogen (secondary N) is 1. The van der Waals surface area contributed by atoms with E-state index in [1.165, 1.54) is 12.8 Å². The summed E-state index contributed by atoms with van der Waals surface area (Å²) in [5.41, 5.74) is 1.64. The summed E-state index contributed by atoms with van der Waals surface area (Å²) >= 11 is 0. The topological polar surface area (TPSA) is 57.7 Å². The van der Waals surface area contributed by atoms with E-state index in [1.807, 2.05) is 30.3 Å². The van der Waals surface area contributed by atoms with Crippen molar-refractivity contribution < 1.29 is 9.53 Å². The molecule has 2 heterocycles. The molecule has 0 unspecified atom stereocenters. The van der Waals surface area contributed by atoms with Crippen molar-refractivity contribution in [2.24, 2.45) is 0 Å². The number of likely N-dealkylation sites (N-methyl/N-ethyl adjacent to an activating group) is 1. The van der Waals surface area contributed by atoms with E-state index in [1.54, 1.807) is 0 Å². The first-order valence-electron chi connectivity index (χ1n) is 10.3. The highest BCUT2D eigenvalue weighted by atomic mass is 16.5. The number of fused-ring (bicyclic) bond motifs is 1. The van der Waals surface area contributed by atoms with Crippen LogP contribution in [0.3, 0.4) is 0 Å². The summed E-state index contributed by atoms with van der Waals surface area (Å²) in [4.78, 5) is 22.5. The molecule has 2 aromatic rings. The molecule has 150 valence electrons. The maximum absolute atomic E-state index is 13.2. The van der Waals surface area contributed by atoms with E-state index in [4.69, 9.17) is 9.72 Å². The predicted octanol–water partition coefficient (Wildman–Crippen LogP) is 2.68. The molecule has 28 heavy (non-hydrogen) atoms. The number of carbonyl (C=O) groups is 1. The molecule has 1 saturated carbocycles. The Kier molecular flexibility index (Phi) is 5.51. The smallest absolute Gasteiger partial charge is 0.252 e. The highest BCUT2D eigenvalue weighted by Gasteiger charge is 2.36. The minimum atomic E-state index is -0.0127. The van der Waals surface area contributed by atoms with Crippen LogP contribution in [0.25, 0.3) is 10.9 Å². The first-order chi connectivity index (χ1) is 13.6. The van der Waals surface area contributed by atoms with Crippen LogP contribution in [-0.2, 0) is 4.74 Å². The Morgan fingerprint density at radius 2 is 1.93 bits per heavy atom. The second-order valence-electron chi connectivity index (χ2n) is 8.15. The number of ether oxygens (including phenoxy) is 1. The molecular weight excluding hydrogens is 352 g/mol. The molecule has 1 aliphatic carbocycles. The lowest BCUT2D eigenvalue weighted by Crippen LogP contribution is -2.50. The third-order valence-corrected chi connectivity index (χ3v) is 6.34. The molecule has 0 radical (unpaired) electrons. The molecule has 0 bridgehead atoms. The molecule has 2 aliphatic rings. The van der Waals surface area contributed by atoms with Crippen LogP contribution < -0.4 is 10.2 Å². The number of rotatable bonds is 5. The molecule has 1 aromatic heterocycles. The van der Waals surface area contributed by atoms with Gasteiger partial charge in [-0.25, -0.2) is 4.98 Å².